The number of nitrogens with two attached hydrogens (primary N) is 1. The summed E-state index contributed by atoms with van der Waals surface area (Å²) in [6.07, 6.45) is 8.99. The zero-order valence-corrected chi connectivity index (χ0v) is 11.9. The normalized spacial score (nSPS) is 31.2. The molecular weight excluding hydrogens is 234 g/mol. The Morgan fingerprint density at radius 1 is 1.26 bits per heavy atom. The maximum Gasteiger partial charge on any atom is 0.119 e. The van der Waals surface area contributed by atoms with E-state index in [4.69, 9.17) is 10.5 Å². The van der Waals surface area contributed by atoms with Gasteiger partial charge in [-0.05, 0) is 61.6 Å². The lowest BCUT2D eigenvalue weighted by Crippen LogP contribution is -2.46. The number of hydrogen-bond acceptors (Lipinski definition) is 2. The zero-order valence-electron chi connectivity index (χ0n) is 11.9. The van der Waals surface area contributed by atoms with Gasteiger partial charge in [0.25, 0.3) is 0 Å². The lowest BCUT2D eigenvalue weighted by Gasteiger charge is -2.38. The third-order valence-electron chi connectivity index (χ3n) is 4.90. The van der Waals surface area contributed by atoms with Crippen LogP contribution in [0.4, 0.5) is 0 Å². The highest BCUT2D eigenvalue weighted by Gasteiger charge is 2.39. The third-order valence-corrected chi connectivity index (χ3v) is 4.90. The molecule has 1 aromatic carbocycles. The minimum atomic E-state index is 0.0118. The molecule has 0 radical (unpaired) electrons. The summed E-state index contributed by atoms with van der Waals surface area (Å²) in [5.74, 6) is 2.83. The monoisotopic (exact) mass is 259 g/mol. The summed E-state index contributed by atoms with van der Waals surface area (Å²) in [7, 11) is 1.72. The van der Waals surface area contributed by atoms with Gasteiger partial charge in [0.05, 0.1) is 7.11 Å². The molecule has 2 unspecified atom stereocenters. The van der Waals surface area contributed by atoms with Crippen molar-refractivity contribution in [2.24, 2.45) is 17.6 Å². The second kappa shape index (κ2) is 5.16. The molecule has 0 saturated heterocycles. The minimum absolute atomic E-state index is 0.0118. The van der Waals surface area contributed by atoms with Gasteiger partial charge < -0.3 is 10.5 Å². The highest BCUT2D eigenvalue weighted by molar-refractivity contribution is 5.29. The van der Waals surface area contributed by atoms with Gasteiger partial charge >= 0.3 is 0 Å². The summed E-state index contributed by atoms with van der Waals surface area (Å²) >= 11 is 0. The average Bonchev–Trinajstić information content (AvgIpc) is 3.23. The third kappa shape index (κ3) is 3.11. The van der Waals surface area contributed by atoms with E-state index in [9.17, 15) is 0 Å². The van der Waals surface area contributed by atoms with Crippen molar-refractivity contribution in [2.75, 3.05) is 7.11 Å². The molecule has 0 bridgehead atoms. The lowest BCUT2D eigenvalue weighted by molar-refractivity contribution is 0.204. The van der Waals surface area contributed by atoms with Crippen molar-refractivity contribution >= 4 is 0 Å². The average molecular weight is 259 g/mol. The fourth-order valence-corrected chi connectivity index (χ4v) is 3.76. The van der Waals surface area contributed by atoms with Crippen molar-refractivity contribution in [3.63, 3.8) is 0 Å². The molecule has 0 amide bonds. The van der Waals surface area contributed by atoms with Crippen LogP contribution in [0.2, 0.25) is 0 Å². The Bertz CT molecular complexity index is 441. The number of ether oxygens (including phenoxy) is 1. The van der Waals surface area contributed by atoms with Crippen LogP contribution in [0.15, 0.2) is 24.3 Å². The predicted molar refractivity (Wildman–Crippen MR) is 78.3 cm³/mol. The van der Waals surface area contributed by atoms with Crippen molar-refractivity contribution in [3.05, 3.63) is 29.8 Å². The summed E-state index contributed by atoms with van der Waals surface area (Å²) in [4.78, 5) is 0. The summed E-state index contributed by atoms with van der Waals surface area (Å²) in [5, 5.41) is 0. The topological polar surface area (TPSA) is 35.2 Å². The highest BCUT2D eigenvalue weighted by Crippen LogP contribution is 2.46. The standard InChI is InChI=1S/C17H25NO/c1-19-16-6-2-4-13(10-16)11-17(18)9-3-5-15(12-17)14-7-8-14/h2,4,6,10,14-15H,3,5,7-9,11-12,18H2,1H3. The Morgan fingerprint density at radius 3 is 2.84 bits per heavy atom. The SMILES string of the molecule is COc1cccc(CC2(N)CCCC(C3CC3)C2)c1. The van der Waals surface area contributed by atoms with E-state index in [1.54, 1.807) is 7.11 Å². The first-order valence-electron chi connectivity index (χ1n) is 7.60. The van der Waals surface area contributed by atoms with Gasteiger partial charge in [-0.2, -0.15) is 0 Å². The van der Waals surface area contributed by atoms with Crippen LogP contribution in [0.5, 0.6) is 5.75 Å². The van der Waals surface area contributed by atoms with E-state index < -0.39 is 0 Å². The van der Waals surface area contributed by atoms with Crippen LogP contribution < -0.4 is 10.5 Å². The molecule has 0 aromatic heterocycles. The largest absolute Gasteiger partial charge is 0.497 e. The maximum atomic E-state index is 6.70. The molecule has 2 heteroatoms. The van der Waals surface area contributed by atoms with E-state index in [2.05, 4.69) is 18.2 Å². The summed E-state index contributed by atoms with van der Waals surface area (Å²) in [6.45, 7) is 0. The molecule has 2 fully saturated rings. The van der Waals surface area contributed by atoms with Gasteiger partial charge in [-0.25, -0.2) is 0 Å². The first-order chi connectivity index (χ1) is 9.18. The fraction of sp³-hybridized carbons (Fsp3) is 0.647. The first-order valence-corrected chi connectivity index (χ1v) is 7.60. The Balaban J connectivity index is 1.69. The summed E-state index contributed by atoms with van der Waals surface area (Å²) in [5.41, 5.74) is 8.03. The summed E-state index contributed by atoms with van der Waals surface area (Å²) in [6, 6.07) is 8.38. The van der Waals surface area contributed by atoms with Gasteiger partial charge in [0.2, 0.25) is 0 Å². The van der Waals surface area contributed by atoms with Crippen molar-refractivity contribution in [1.82, 2.24) is 0 Å². The van der Waals surface area contributed by atoms with E-state index in [1.165, 1.54) is 44.1 Å². The second-order valence-corrected chi connectivity index (χ2v) is 6.58. The van der Waals surface area contributed by atoms with Crippen LogP contribution in [0.25, 0.3) is 0 Å². The van der Waals surface area contributed by atoms with E-state index in [1.807, 2.05) is 6.07 Å². The van der Waals surface area contributed by atoms with Crippen LogP contribution in [0.1, 0.15) is 44.1 Å². The van der Waals surface area contributed by atoms with Gasteiger partial charge in [-0.1, -0.05) is 25.0 Å². The smallest absolute Gasteiger partial charge is 0.119 e. The molecule has 19 heavy (non-hydrogen) atoms. The molecule has 0 spiro atoms. The molecule has 2 saturated carbocycles. The number of hydrogen-bond donors (Lipinski definition) is 1. The summed E-state index contributed by atoms with van der Waals surface area (Å²) < 4.78 is 5.31. The van der Waals surface area contributed by atoms with Crippen molar-refractivity contribution in [1.29, 1.82) is 0 Å². The number of methoxy groups -OCH3 is 1. The van der Waals surface area contributed by atoms with Gasteiger partial charge in [-0.15, -0.1) is 0 Å². The van der Waals surface area contributed by atoms with Gasteiger partial charge in [0.1, 0.15) is 5.75 Å². The van der Waals surface area contributed by atoms with Gasteiger partial charge in [-0.3, -0.25) is 0 Å². The Morgan fingerprint density at radius 2 is 2.11 bits per heavy atom. The van der Waals surface area contributed by atoms with Crippen LogP contribution in [0.3, 0.4) is 0 Å². The molecule has 2 aliphatic rings. The molecule has 2 atom stereocenters. The Hall–Kier alpha value is -1.02. The van der Waals surface area contributed by atoms with Crippen LogP contribution in [-0.4, -0.2) is 12.6 Å². The molecule has 104 valence electrons. The van der Waals surface area contributed by atoms with Crippen LogP contribution >= 0.6 is 0 Å². The van der Waals surface area contributed by atoms with E-state index in [0.29, 0.717) is 0 Å². The molecule has 0 heterocycles. The Kier molecular flexibility index (Phi) is 3.53. The second-order valence-electron chi connectivity index (χ2n) is 6.58. The van der Waals surface area contributed by atoms with Crippen molar-refractivity contribution < 1.29 is 4.74 Å². The van der Waals surface area contributed by atoms with Crippen molar-refractivity contribution in [2.45, 2.75) is 50.5 Å². The maximum absolute atomic E-state index is 6.70. The van der Waals surface area contributed by atoms with E-state index in [0.717, 1.165) is 24.0 Å². The highest BCUT2D eigenvalue weighted by atomic mass is 16.5. The molecule has 2 aliphatic carbocycles. The molecular formula is C17H25NO. The predicted octanol–water partition coefficient (Wildman–Crippen LogP) is 3.54. The van der Waals surface area contributed by atoms with Crippen LogP contribution in [-0.2, 0) is 6.42 Å². The Labute approximate surface area is 116 Å². The molecule has 2 N–H and O–H groups in total. The molecule has 0 aliphatic heterocycles. The van der Waals surface area contributed by atoms with E-state index in [-0.39, 0.29) is 5.54 Å². The van der Waals surface area contributed by atoms with E-state index >= 15 is 0 Å². The van der Waals surface area contributed by atoms with Gasteiger partial charge in [0, 0.05) is 5.54 Å². The zero-order chi connectivity index (χ0) is 13.3. The minimum Gasteiger partial charge on any atom is -0.497 e. The molecule has 2 nitrogen and oxygen atoms in total. The quantitative estimate of drug-likeness (QED) is 0.897. The first kappa shape index (κ1) is 13.0. The number of rotatable bonds is 4. The van der Waals surface area contributed by atoms with Gasteiger partial charge in [0.15, 0.2) is 0 Å². The lowest BCUT2D eigenvalue weighted by atomic mass is 9.72. The van der Waals surface area contributed by atoms with Crippen LogP contribution in [0, 0.1) is 11.8 Å². The fourth-order valence-electron chi connectivity index (χ4n) is 3.76. The van der Waals surface area contributed by atoms with Crippen molar-refractivity contribution in [3.8, 4) is 5.75 Å². The number of benzene rings is 1. The molecule has 3 rings (SSSR count). The molecule has 1 aromatic rings.